The smallest absolute Gasteiger partial charge is 0.263 e. The van der Waals surface area contributed by atoms with Gasteiger partial charge in [-0.05, 0) is 17.7 Å². The number of aliphatic hydroxyl groups excluding tert-OH is 1. The first-order valence-corrected chi connectivity index (χ1v) is 6.67. The molecular weight excluding hydrogens is 260 g/mol. The zero-order valence-corrected chi connectivity index (χ0v) is 10.6. The summed E-state index contributed by atoms with van der Waals surface area (Å²) >= 11 is 7.43. The Labute approximate surface area is 109 Å². The number of benzene rings is 1. The first-order valence-electron chi connectivity index (χ1n) is 5.24. The zero-order chi connectivity index (χ0) is 12.3. The molecule has 1 aromatic rings. The normalized spacial score (nSPS) is 24.5. The molecule has 6 heteroatoms. The Morgan fingerprint density at radius 3 is 2.76 bits per heavy atom. The lowest BCUT2D eigenvalue weighted by Crippen LogP contribution is -2.54. The molecule has 4 nitrogen and oxygen atoms in total. The van der Waals surface area contributed by atoms with Gasteiger partial charge in [-0.25, -0.2) is 5.43 Å². The van der Waals surface area contributed by atoms with Crippen LogP contribution in [0.25, 0.3) is 0 Å². The Hall–Kier alpha value is -0.750. The van der Waals surface area contributed by atoms with Crippen LogP contribution in [0.5, 0.6) is 0 Å². The second-order valence-corrected chi connectivity index (χ2v) is 5.44. The number of hydrazine groups is 1. The van der Waals surface area contributed by atoms with Crippen molar-refractivity contribution in [2.75, 3.05) is 0 Å². The molecule has 0 aromatic heterocycles. The van der Waals surface area contributed by atoms with Crippen molar-refractivity contribution in [3.8, 4) is 0 Å². The van der Waals surface area contributed by atoms with E-state index in [0.29, 0.717) is 6.42 Å². The van der Waals surface area contributed by atoms with Gasteiger partial charge in [0.25, 0.3) is 5.91 Å². The minimum absolute atomic E-state index is 0.0263. The average molecular weight is 273 g/mol. The van der Waals surface area contributed by atoms with Crippen LogP contribution in [0.3, 0.4) is 0 Å². The molecule has 1 heterocycles. The molecule has 1 aromatic carbocycles. The lowest BCUT2D eigenvalue weighted by Gasteiger charge is -2.26. The van der Waals surface area contributed by atoms with Crippen molar-refractivity contribution >= 4 is 29.3 Å². The number of hydrogen-bond donors (Lipinski definition) is 3. The number of halogens is 1. The lowest BCUT2D eigenvalue weighted by atomic mass is 10.2. The predicted octanol–water partition coefficient (Wildman–Crippen LogP) is 1.28. The van der Waals surface area contributed by atoms with Gasteiger partial charge in [-0.3, -0.25) is 10.2 Å². The third-order valence-corrected chi connectivity index (χ3v) is 3.93. The van der Waals surface area contributed by atoms with Crippen LogP contribution in [-0.4, -0.2) is 22.5 Å². The Morgan fingerprint density at radius 1 is 1.41 bits per heavy atom. The highest BCUT2D eigenvalue weighted by Gasteiger charge is 2.26. The lowest BCUT2D eigenvalue weighted by molar-refractivity contribution is -0.133. The maximum Gasteiger partial charge on any atom is 0.263 e. The standard InChI is InChI=1S/C11H13ClN2O2S/c12-8-3-1-7(2-4-8)6-17-10-5-9(15)11(16)14-13-10/h1-4,9-10,13,15H,5-6H2,(H,14,16). The minimum Gasteiger partial charge on any atom is -0.383 e. The molecule has 0 aliphatic carbocycles. The number of aliphatic hydroxyl groups is 1. The van der Waals surface area contributed by atoms with Gasteiger partial charge in [0.15, 0.2) is 0 Å². The Morgan fingerprint density at radius 2 is 2.12 bits per heavy atom. The number of carbonyl (C=O) groups is 1. The maximum absolute atomic E-state index is 11.0. The summed E-state index contributed by atoms with van der Waals surface area (Å²) in [6.45, 7) is 0. The third-order valence-electron chi connectivity index (χ3n) is 2.46. The highest BCUT2D eigenvalue weighted by Crippen LogP contribution is 2.22. The third kappa shape index (κ3) is 3.61. The van der Waals surface area contributed by atoms with Crippen LogP contribution in [-0.2, 0) is 10.5 Å². The topological polar surface area (TPSA) is 61.4 Å². The molecule has 0 bridgehead atoms. The van der Waals surface area contributed by atoms with E-state index in [-0.39, 0.29) is 11.3 Å². The van der Waals surface area contributed by atoms with E-state index in [9.17, 15) is 9.90 Å². The van der Waals surface area contributed by atoms with Gasteiger partial charge in [0, 0.05) is 17.2 Å². The largest absolute Gasteiger partial charge is 0.383 e. The van der Waals surface area contributed by atoms with Crippen LogP contribution in [0.15, 0.2) is 24.3 Å². The molecule has 1 amide bonds. The first-order chi connectivity index (χ1) is 8.15. The van der Waals surface area contributed by atoms with Crippen LogP contribution in [0, 0.1) is 0 Å². The summed E-state index contributed by atoms with van der Waals surface area (Å²) < 4.78 is 0. The fourth-order valence-electron chi connectivity index (χ4n) is 1.49. The van der Waals surface area contributed by atoms with E-state index < -0.39 is 6.10 Å². The minimum atomic E-state index is -0.918. The van der Waals surface area contributed by atoms with Crippen molar-refractivity contribution < 1.29 is 9.90 Å². The predicted molar refractivity (Wildman–Crippen MR) is 68.4 cm³/mol. The molecule has 2 atom stereocenters. The van der Waals surface area contributed by atoms with E-state index in [1.54, 1.807) is 11.8 Å². The summed E-state index contributed by atoms with van der Waals surface area (Å²) in [7, 11) is 0. The zero-order valence-electron chi connectivity index (χ0n) is 9.02. The average Bonchev–Trinajstić information content (AvgIpc) is 2.33. The van der Waals surface area contributed by atoms with Crippen molar-refractivity contribution in [1.82, 2.24) is 10.9 Å². The van der Waals surface area contributed by atoms with E-state index >= 15 is 0 Å². The number of carbonyl (C=O) groups excluding carboxylic acids is 1. The van der Waals surface area contributed by atoms with E-state index in [2.05, 4.69) is 10.9 Å². The van der Waals surface area contributed by atoms with Crippen molar-refractivity contribution in [2.24, 2.45) is 0 Å². The summed E-state index contributed by atoms with van der Waals surface area (Å²) in [6.07, 6.45) is -0.497. The fraction of sp³-hybridized carbons (Fsp3) is 0.364. The summed E-state index contributed by atoms with van der Waals surface area (Å²) in [6, 6.07) is 7.63. The van der Waals surface area contributed by atoms with Gasteiger partial charge in [0.1, 0.15) is 6.10 Å². The van der Waals surface area contributed by atoms with Gasteiger partial charge in [-0.2, -0.15) is 0 Å². The quantitative estimate of drug-likeness (QED) is 0.776. The summed E-state index contributed by atoms with van der Waals surface area (Å²) in [5.41, 5.74) is 6.46. The molecule has 1 saturated heterocycles. The van der Waals surface area contributed by atoms with Crippen molar-refractivity contribution in [3.63, 3.8) is 0 Å². The van der Waals surface area contributed by atoms with Gasteiger partial charge in [0.05, 0.1) is 5.37 Å². The van der Waals surface area contributed by atoms with Gasteiger partial charge in [0.2, 0.25) is 0 Å². The molecule has 17 heavy (non-hydrogen) atoms. The summed E-state index contributed by atoms with van der Waals surface area (Å²) in [4.78, 5) is 11.0. The van der Waals surface area contributed by atoms with Crippen LogP contribution < -0.4 is 10.9 Å². The van der Waals surface area contributed by atoms with E-state index in [1.165, 1.54) is 0 Å². The van der Waals surface area contributed by atoms with Crippen molar-refractivity contribution in [2.45, 2.75) is 23.7 Å². The van der Waals surface area contributed by atoms with Crippen molar-refractivity contribution in [1.29, 1.82) is 0 Å². The molecule has 1 fully saturated rings. The number of thioether (sulfide) groups is 1. The second kappa shape index (κ2) is 5.73. The number of nitrogens with one attached hydrogen (secondary N) is 2. The van der Waals surface area contributed by atoms with E-state index in [1.807, 2.05) is 24.3 Å². The van der Waals surface area contributed by atoms with Crippen LogP contribution >= 0.6 is 23.4 Å². The molecule has 2 rings (SSSR count). The molecule has 2 unspecified atom stereocenters. The fourth-order valence-corrected chi connectivity index (χ4v) is 2.66. The highest BCUT2D eigenvalue weighted by atomic mass is 35.5. The molecule has 1 aliphatic heterocycles. The summed E-state index contributed by atoms with van der Waals surface area (Å²) in [5, 5.41) is 10.1. The Kier molecular flexibility index (Phi) is 4.28. The molecule has 92 valence electrons. The number of amides is 1. The molecule has 3 N–H and O–H groups in total. The number of rotatable bonds is 3. The monoisotopic (exact) mass is 272 g/mol. The Bertz CT molecular complexity index is 399. The first kappa shape index (κ1) is 12.7. The van der Waals surface area contributed by atoms with E-state index in [4.69, 9.17) is 11.6 Å². The Balaban J connectivity index is 1.82. The van der Waals surface area contributed by atoms with Gasteiger partial charge in [-0.1, -0.05) is 23.7 Å². The van der Waals surface area contributed by atoms with Gasteiger partial charge < -0.3 is 5.11 Å². The van der Waals surface area contributed by atoms with Gasteiger partial charge >= 0.3 is 0 Å². The van der Waals surface area contributed by atoms with Crippen LogP contribution in [0.2, 0.25) is 5.02 Å². The molecule has 0 spiro atoms. The van der Waals surface area contributed by atoms with Crippen molar-refractivity contribution in [3.05, 3.63) is 34.9 Å². The maximum atomic E-state index is 11.0. The van der Waals surface area contributed by atoms with E-state index in [0.717, 1.165) is 16.3 Å². The van der Waals surface area contributed by atoms with Gasteiger partial charge in [-0.15, -0.1) is 11.8 Å². The molecule has 0 radical (unpaired) electrons. The number of hydrogen-bond acceptors (Lipinski definition) is 4. The molecule has 0 saturated carbocycles. The highest BCUT2D eigenvalue weighted by molar-refractivity contribution is 7.99. The molecule has 1 aliphatic rings. The van der Waals surface area contributed by atoms with Crippen LogP contribution in [0.1, 0.15) is 12.0 Å². The summed E-state index contributed by atoms with van der Waals surface area (Å²) in [5.74, 6) is 0.436. The SMILES string of the molecule is O=C1NNC(SCc2ccc(Cl)cc2)CC1O. The molecular formula is C11H13ClN2O2S. The van der Waals surface area contributed by atoms with Crippen LogP contribution in [0.4, 0.5) is 0 Å². The second-order valence-electron chi connectivity index (χ2n) is 3.81.